The van der Waals surface area contributed by atoms with Crippen LogP contribution in [0.25, 0.3) is 0 Å². The molecule has 18 heavy (non-hydrogen) atoms. The lowest BCUT2D eigenvalue weighted by molar-refractivity contribution is -0.0105. The van der Waals surface area contributed by atoms with Crippen molar-refractivity contribution in [1.29, 1.82) is 0 Å². The maximum Gasteiger partial charge on any atom is 0.127 e. The third kappa shape index (κ3) is 3.24. The molecule has 1 aliphatic rings. The van der Waals surface area contributed by atoms with E-state index in [9.17, 15) is 0 Å². The van der Waals surface area contributed by atoms with Crippen molar-refractivity contribution in [3.8, 4) is 5.75 Å². The van der Waals surface area contributed by atoms with Crippen molar-refractivity contribution in [2.75, 3.05) is 13.2 Å². The molecule has 0 radical (unpaired) electrons. The van der Waals surface area contributed by atoms with Gasteiger partial charge in [0.15, 0.2) is 0 Å². The van der Waals surface area contributed by atoms with Gasteiger partial charge in [0.25, 0.3) is 0 Å². The van der Waals surface area contributed by atoms with Crippen molar-refractivity contribution in [3.63, 3.8) is 0 Å². The lowest BCUT2D eigenvalue weighted by atomic mass is 9.98. The van der Waals surface area contributed by atoms with E-state index in [4.69, 9.17) is 15.2 Å². The molecule has 0 saturated carbocycles. The highest BCUT2D eigenvalue weighted by atomic mass is 16.5. The number of nitrogens with two attached hydrogens (primary N) is 1. The highest BCUT2D eigenvalue weighted by molar-refractivity contribution is 5.44. The van der Waals surface area contributed by atoms with Gasteiger partial charge in [-0.25, -0.2) is 0 Å². The van der Waals surface area contributed by atoms with Crippen molar-refractivity contribution in [2.45, 2.75) is 45.3 Å². The molecule has 2 rings (SSSR count). The normalized spacial score (nSPS) is 16.9. The first kappa shape index (κ1) is 13.4. The molecular weight excluding hydrogens is 226 g/mol. The summed E-state index contributed by atoms with van der Waals surface area (Å²) in [5.74, 6) is 0.980. The molecule has 3 heteroatoms. The van der Waals surface area contributed by atoms with Crippen molar-refractivity contribution >= 4 is 0 Å². The summed E-state index contributed by atoms with van der Waals surface area (Å²) in [7, 11) is 0. The van der Waals surface area contributed by atoms with Gasteiger partial charge in [-0.1, -0.05) is 18.2 Å². The molecular formula is C15H23NO2. The Labute approximate surface area is 109 Å². The topological polar surface area (TPSA) is 44.5 Å². The van der Waals surface area contributed by atoms with Gasteiger partial charge in [-0.05, 0) is 39.2 Å². The number of para-hydroxylation sites is 1. The average Bonchev–Trinajstić information content (AvgIpc) is 2.34. The van der Waals surface area contributed by atoms with Crippen molar-refractivity contribution in [3.05, 3.63) is 29.3 Å². The number of fused-ring (bicyclic) bond motifs is 1. The van der Waals surface area contributed by atoms with Crippen LogP contribution in [0, 0.1) is 0 Å². The fourth-order valence-corrected chi connectivity index (χ4v) is 2.14. The van der Waals surface area contributed by atoms with Gasteiger partial charge in [-0.3, -0.25) is 0 Å². The van der Waals surface area contributed by atoms with E-state index < -0.39 is 0 Å². The summed E-state index contributed by atoms with van der Waals surface area (Å²) in [5, 5.41) is 0. The van der Waals surface area contributed by atoms with Gasteiger partial charge in [-0.2, -0.15) is 0 Å². The van der Waals surface area contributed by atoms with Gasteiger partial charge in [0.2, 0.25) is 0 Å². The van der Waals surface area contributed by atoms with Gasteiger partial charge in [-0.15, -0.1) is 0 Å². The van der Waals surface area contributed by atoms with Crippen LogP contribution in [0.15, 0.2) is 18.2 Å². The minimum absolute atomic E-state index is 0.128. The monoisotopic (exact) mass is 249 g/mol. The first-order chi connectivity index (χ1) is 8.47. The summed E-state index contributed by atoms with van der Waals surface area (Å²) in [5.41, 5.74) is 8.40. The highest BCUT2D eigenvalue weighted by Gasteiger charge is 2.20. The molecule has 0 spiro atoms. The smallest absolute Gasteiger partial charge is 0.127 e. The van der Waals surface area contributed by atoms with Crippen molar-refractivity contribution in [1.82, 2.24) is 0 Å². The molecule has 1 unspecified atom stereocenters. The number of ether oxygens (including phenoxy) is 2. The molecule has 1 heterocycles. The van der Waals surface area contributed by atoms with Crippen LogP contribution in [0.2, 0.25) is 0 Å². The Morgan fingerprint density at radius 1 is 1.39 bits per heavy atom. The predicted molar refractivity (Wildman–Crippen MR) is 72.9 cm³/mol. The lowest BCUT2D eigenvalue weighted by Crippen LogP contribution is -2.27. The van der Waals surface area contributed by atoms with Crippen LogP contribution < -0.4 is 10.5 Å². The summed E-state index contributed by atoms with van der Waals surface area (Å²) in [4.78, 5) is 0. The van der Waals surface area contributed by atoms with Gasteiger partial charge in [0, 0.05) is 5.56 Å². The van der Waals surface area contributed by atoms with E-state index in [1.807, 2.05) is 26.8 Å². The fraction of sp³-hybridized carbons (Fsp3) is 0.600. The summed E-state index contributed by atoms with van der Waals surface area (Å²) in [6.07, 6.45) is 2.17. The first-order valence-corrected chi connectivity index (χ1v) is 6.61. The van der Waals surface area contributed by atoms with E-state index in [1.165, 1.54) is 5.56 Å². The zero-order valence-electron chi connectivity index (χ0n) is 11.5. The lowest BCUT2D eigenvalue weighted by Gasteiger charge is -2.26. The Morgan fingerprint density at radius 3 is 2.89 bits per heavy atom. The third-order valence-electron chi connectivity index (χ3n) is 3.06. The summed E-state index contributed by atoms with van der Waals surface area (Å²) in [6.45, 7) is 7.42. The SMILES string of the molecule is CC(C)(C)OCC(N)c1cccc2c1OCCC2. The van der Waals surface area contributed by atoms with Gasteiger partial charge in [0.05, 0.1) is 24.9 Å². The van der Waals surface area contributed by atoms with Crippen molar-refractivity contribution < 1.29 is 9.47 Å². The Balaban J connectivity index is 2.12. The van der Waals surface area contributed by atoms with Crippen LogP contribution in [0.1, 0.15) is 44.4 Å². The largest absolute Gasteiger partial charge is 0.493 e. The molecule has 0 fully saturated rings. The van der Waals surface area contributed by atoms with Crippen molar-refractivity contribution in [2.24, 2.45) is 5.73 Å². The number of hydrogen-bond donors (Lipinski definition) is 1. The van der Waals surface area contributed by atoms with Crippen LogP contribution in [0.3, 0.4) is 0 Å². The van der Waals surface area contributed by atoms with Gasteiger partial charge >= 0.3 is 0 Å². The molecule has 1 aromatic carbocycles. The van der Waals surface area contributed by atoms with Crippen LogP contribution >= 0.6 is 0 Å². The van der Waals surface area contributed by atoms with Gasteiger partial charge in [0.1, 0.15) is 5.75 Å². The Kier molecular flexibility index (Phi) is 3.93. The third-order valence-corrected chi connectivity index (χ3v) is 3.06. The molecule has 0 aromatic heterocycles. The van der Waals surface area contributed by atoms with E-state index in [1.54, 1.807) is 0 Å². The molecule has 0 bridgehead atoms. The number of aryl methyl sites for hydroxylation is 1. The summed E-state index contributed by atoms with van der Waals surface area (Å²) < 4.78 is 11.5. The number of hydrogen-bond acceptors (Lipinski definition) is 3. The van der Waals surface area contributed by atoms with Crippen LogP contribution in [-0.4, -0.2) is 18.8 Å². The Bertz CT molecular complexity index is 409. The molecule has 1 atom stereocenters. The number of rotatable bonds is 3. The molecule has 2 N–H and O–H groups in total. The predicted octanol–water partition coefficient (Wildman–Crippen LogP) is 2.83. The number of benzene rings is 1. The first-order valence-electron chi connectivity index (χ1n) is 6.61. The van der Waals surface area contributed by atoms with Crippen LogP contribution in [0.4, 0.5) is 0 Å². The van der Waals surface area contributed by atoms with Crippen LogP contribution in [-0.2, 0) is 11.2 Å². The Morgan fingerprint density at radius 2 is 2.17 bits per heavy atom. The molecule has 1 aliphatic heterocycles. The van der Waals surface area contributed by atoms with E-state index in [0.29, 0.717) is 6.61 Å². The van der Waals surface area contributed by atoms with Crippen LogP contribution in [0.5, 0.6) is 5.75 Å². The van der Waals surface area contributed by atoms with E-state index in [2.05, 4.69) is 12.1 Å². The Hall–Kier alpha value is -1.06. The second kappa shape index (κ2) is 5.29. The second-order valence-corrected chi connectivity index (χ2v) is 5.82. The molecule has 0 saturated heterocycles. The summed E-state index contributed by atoms with van der Waals surface area (Å²) in [6, 6.07) is 6.09. The molecule has 0 amide bonds. The van der Waals surface area contributed by atoms with E-state index >= 15 is 0 Å². The maximum absolute atomic E-state index is 6.22. The van der Waals surface area contributed by atoms with E-state index in [0.717, 1.165) is 30.8 Å². The molecule has 3 nitrogen and oxygen atoms in total. The average molecular weight is 249 g/mol. The zero-order chi connectivity index (χ0) is 13.2. The molecule has 1 aromatic rings. The summed E-state index contributed by atoms with van der Waals surface area (Å²) >= 11 is 0. The minimum atomic E-state index is -0.159. The molecule has 100 valence electrons. The second-order valence-electron chi connectivity index (χ2n) is 5.82. The molecule has 0 aliphatic carbocycles. The quantitative estimate of drug-likeness (QED) is 0.896. The highest BCUT2D eigenvalue weighted by Crippen LogP contribution is 2.32. The maximum atomic E-state index is 6.22. The zero-order valence-corrected chi connectivity index (χ0v) is 11.5. The fourth-order valence-electron chi connectivity index (χ4n) is 2.14. The minimum Gasteiger partial charge on any atom is -0.493 e. The van der Waals surface area contributed by atoms with E-state index in [-0.39, 0.29) is 11.6 Å². The standard InChI is InChI=1S/C15H23NO2/c1-15(2,3)18-10-13(16)12-8-4-6-11-7-5-9-17-14(11)12/h4,6,8,13H,5,7,9-10,16H2,1-3H3. The van der Waals surface area contributed by atoms with Gasteiger partial charge < -0.3 is 15.2 Å².